The summed E-state index contributed by atoms with van der Waals surface area (Å²) in [6.45, 7) is 4.16. The minimum atomic E-state index is -0.688. The van der Waals surface area contributed by atoms with Gasteiger partial charge in [-0.25, -0.2) is 0 Å². The molecule has 3 N–H and O–H groups in total. The molecule has 0 aromatic heterocycles. The summed E-state index contributed by atoms with van der Waals surface area (Å²) >= 11 is 0. The Labute approximate surface area is 302 Å². The highest BCUT2D eigenvalue weighted by molar-refractivity contribution is 5.76. The first-order valence-electron chi connectivity index (χ1n) is 19.6. The fraction of sp³-hybridized carbons (Fsp3) is 0.578. The molecule has 0 heterocycles. The van der Waals surface area contributed by atoms with E-state index < -0.39 is 12.1 Å². The first-order chi connectivity index (χ1) is 24.2. The van der Waals surface area contributed by atoms with Gasteiger partial charge in [-0.05, 0) is 77.0 Å². The number of aliphatic hydroxyl groups excluding tert-OH is 2. The molecule has 0 spiro atoms. The lowest BCUT2D eigenvalue weighted by molar-refractivity contribution is -0.123. The largest absolute Gasteiger partial charge is 0.394 e. The van der Waals surface area contributed by atoms with E-state index in [-0.39, 0.29) is 12.5 Å². The maximum atomic E-state index is 12.3. The summed E-state index contributed by atoms with van der Waals surface area (Å²) < 4.78 is 0. The van der Waals surface area contributed by atoms with Gasteiger partial charge in [-0.1, -0.05) is 175 Å². The Hall–Kier alpha value is -2.95. The van der Waals surface area contributed by atoms with Crippen LogP contribution in [0.2, 0.25) is 0 Å². The van der Waals surface area contributed by atoms with Crippen LogP contribution >= 0.6 is 0 Å². The lowest BCUT2D eigenvalue weighted by atomic mass is 10.0. The van der Waals surface area contributed by atoms with Crippen LogP contribution in [0.5, 0.6) is 0 Å². The van der Waals surface area contributed by atoms with E-state index in [4.69, 9.17) is 0 Å². The number of rotatable bonds is 33. The highest BCUT2D eigenvalue weighted by Crippen LogP contribution is 2.12. The van der Waals surface area contributed by atoms with E-state index in [1.165, 1.54) is 38.5 Å². The molecule has 0 saturated carbocycles. The van der Waals surface area contributed by atoms with Crippen LogP contribution in [0.4, 0.5) is 0 Å². The fourth-order valence-electron chi connectivity index (χ4n) is 5.06. The normalized spacial score (nSPS) is 14.3. The third-order valence-corrected chi connectivity index (χ3v) is 8.05. The van der Waals surface area contributed by atoms with Gasteiger partial charge in [-0.2, -0.15) is 0 Å². The fourth-order valence-corrected chi connectivity index (χ4v) is 5.06. The molecule has 0 saturated heterocycles. The zero-order valence-electron chi connectivity index (χ0n) is 31.4. The van der Waals surface area contributed by atoms with Gasteiger partial charge in [0.2, 0.25) is 5.91 Å². The van der Waals surface area contributed by atoms with Crippen molar-refractivity contribution >= 4 is 5.91 Å². The van der Waals surface area contributed by atoms with Gasteiger partial charge < -0.3 is 15.5 Å². The van der Waals surface area contributed by atoms with Gasteiger partial charge in [-0.3, -0.25) is 4.79 Å². The topological polar surface area (TPSA) is 69.6 Å². The van der Waals surface area contributed by atoms with E-state index >= 15 is 0 Å². The van der Waals surface area contributed by atoms with Gasteiger partial charge >= 0.3 is 0 Å². The van der Waals surface area contributed by atoms with Crippen LogP contribution in [-0.4, -0.2) is 34.9 Å². The number of aliphatic hydroxyl groups is 2. The molecule has 0 fully saturated rings. The third kappa shape index (κ3) is 36.2. The van der Waals surface area contributed by atoms with Crippen molar-refractivity contribution in [2.45, 2.75) is 161 Å². The molecule has 0 aliphatic rings. The molecular formula is C45H73NO3. The molecule has 2 unspecified atom stereocenters. The summed E-state index contributed by atoms with van der Waals surface area (Å²) in [5.74, 6) is -0.0990. The van der Waals surface area contributed by atoms with Crippen molar-refractivity contribution in [3.05, 3.63) is 109 Å². The second-order valence-corrected chi connectivity index (χ2v) is 12.6. The molecule has 276 valence electrons. The predicted molar refractivity (Wildman–Crippen MR) is 216 cm³/mol. The number of carbonyl (C=O) groups excluding carboxylic acids is 1. The van der Waals surface area contributed by atoms with E-state index in [1.54, 1.807) is 0 Å². The Morgan fingerprint density at radius 3 is 1.27 bits per heavy atom. The van der Waals surface area contributed by atoms with Crippen molar-refractivity contribution < 1.29 is 15.0 Å². The van der Waals surface area contributed by atoms with E-state index in [0.717, 1.165) is 83.5 Å². The van der Waals surface area contributed by atoms with E-state index in [1.807, 2.05) is 0 Å². The van der Waals surface area contributed by atoms with Crippen LogP contribution in [-0.2, 0) is 4.79 Å². The molecule has 4 nitrogen and oxygen atoms in total. The Bertz CT molecular complexity index is 995. The molecule has 49 heavy (non-hydrogen) atoms. The van der Waals surface area contributed by atoms with Crippen molar-refractivity contribution in [2.75, 3.05) is 6.61 Å². The smallest absolute Gasteiger partial charge is 0.220 e. The van der Waals surface area contributed by atoms with Crippen molar-refractivity contribution in [1.29, 1.82) is 0 Å². The maximum absolute atomic E-state index is 12.3. The average Bonchev–Trinajstić information content (AvgIpc) is 3.10. The first kappa shape index (κ1) is 46.0. The standard InChI is InChI=1S/C45H73NO3/c1-3-5-7-9-11-13-14-15-16-17-18-19-20-21-22-23-24-25-26-27-28-29-30-31-32-33-35-37-39-41-45(49)46-43(42-47)44(48)40-38-36-34-12-10-8-6-4-2/h5,7,11,13,15-16,18-19,21-22,24-25,27-28,30-31,33,35,43-44,47-48H,3-4,6,8-10,12,14,17,20,23,26,29,32,34,36-42H2,1-2H3,(H,46,49)/b7-5-,13-11-,16-15-,19-18-,22-21-,25-24-,28-27-,31-30-,35-33-. The summed E-state index contributed by atoms with van der Waals surface area (Å²) in [5.41, 5.74) is 0. The van der Waals surface area contributed by atoms with Gasteiger partial charge in [0.1, 0.15) is 0 Å². The summed E-state index contributed by atoms with van der Waals surface area (Å²) in [7, 11) is 0. The van der Waals surface area contributed by atoms with Crippen LogP contribution in [0.25, 0.3) is 0 Å². The number of hydrogen-bond donors (Lipinski definition) is 3. The quantitative estimate of drug-likeness (QED) is 0.0479. The summed E-state index contributed by atoms with van der Waals surface area (Å²) in [4.78, 5) is 12.3. The molecule has 0 rings (SSSR count). The number of nitrogens with one attached hydrogen (secondary N) is 1. The van der Waals surface area contributed by atoms with Gasteiger partial charge in [0.15, 0.2) is 0 Å². The average molecular weight is 676 g/mol. The lowest BCUT2D eigenvalue weighted by Gasteiger charge is -2.22. The Kier molecular flexibility index (Phi) is 37.1. The van der Waals surface area contributed by atoms with E-state index in [0.29, 0.717) is 12.8 Å². The second kappa shape index (κ2) is 39.5. The first-order valence-corrected chi connectivity index (χ1v) is 19.6. The zero-order chi connectivity index (χ0) is 35.7. The number of hydrogen-bond acceptors (Lipinski definition) is 3. The second-order valence-electron chi connectivity index (χ2n) is 12.6. The minimum absolute atomic E-state index is 0.0990. The third-order valence-electron chi connectivity index (χ3n) is 8.05. The van der Waals surface area contributed by atoms with E-state index in [2.05, 4.69) is 129 Å². The van der Waals surface area contributed by atoms with Gasteiger partial charge in [0.05, 0.1) is 18.8 Å². The number of unbranched alkanes of at least 4 members (excludes halogenated alkanes) is 8. The molecule has 0 aromatic rings. The van der Waals surface area contributed by atoms with Crippen LogP contribution in [0.15, 0.2) is 109 Å². The van der Waals surface area contributed by atoms with Crippen molar-refractivity contribution in [3.63, 3.8) is 0 Å². The SMILES string of the molecule is CC/C=C\C/C=C\C/C=C\C/C=C\C/C=C\C/C=C\C/C=C\C/C=C\C/C=C\CCCC(=O)NC(CO)C(O)CCCCCCCCCC. The highest BCUT2D eigenvalue weighted by atomic mass is 16.3. The van der Waals surface area contributed by atoms with Crippen LogP contribution in [0.3, 0.4) is 0 Å². The summed E-state index contributed by atoms with van der Waals surface area (Å²) in [6.07, 6.45) is 60.2. The molecule has 0 aliphatic heterocycles. The van der Waals surface area contributed by atoms with Gasteiger partial charge in [0, 0.05) is 6.42 Å². The van der Waals surface area contributed by atoms with Crippen molar-refractivity contribution in [1.82, 2.24) is 5.32 Å². The van der Waals surface area contributed by atoms with Crippen LogP contribution < -0.4 is 5.32 Å². The van der Waals surface area contributed by atoms with Crippen LogP contribution in [0.1, 0.15) is 149 Å². The lowest BCUT2D eigenvalue weighted by Crippen LogP contribution is -2.45. The highest BCUT2D eigenvalue weighted by Gasteiger charge is 2.19. The Morgan fingerprint density at radius 1 is 0.510 bits per heavy atom. The Balaban J connectivity index is 3.77. The molecule has 0 radical (unpaired) electrons. The van der Waals surface area contributed by atoms with Gasteiger partial charge in [-0.15, -0.1) is 0 Å². The molecule has 2 atom stereocenters. The number of amides is 1. The Morgan fingerprint density at radius 2 is 0.878 bits per heavy atom. The molecule has 0 bridgehead atoms. The molecule has 0 aliphatic carbocycles. The molecule has 4 heteroatoms. The minimum Gasteiger partial charge on any atom is -0.394 e. The van der Waals surface area contributed by atoms with Crippen LogP contribution in [0, 0.1) is 0 Å². The summed E-state index contributed by atoms with van der Waals surface area (Å²) in [5, 5.41) is 22.9. The number of allylic oxidation sites excluding steroid dienone is 18. The molecule has 1 amide bonds. The van der Waals surface area contributed by atoms with E-state index in [9.17, 15) is 15.0 Å². The molecular weight excluding hydrogens is 602 g/mol. The monoisotopic (exact) mass is 676 g/mol. The maximum Gasteiger partial charge on any atom is 0.220 e. The molecule has 0 aromatic carbocycles. The van der Waals surface area contributed by atoms with Crippen molar-refractivity contribution in [2.24, 2.45) is 0 Å². The zero-order valence-corrected chi connectivity index (χ0v) is 31.4. The van der Waals surface area contributed by atoms with Crippen molar-refractivity contribution in [3.8, 4) is 0 Å². The summed E-state index contributed by atoms with van der Waals surface area (Å²) in [6, 6.07) is -0.572. The predicted octanol–water partition coefficient (Wildman–Crippen LogP) is 12.1. The number of carbonyl (C=O) groups is 1. The van der Waals surface area contributed by atoms with Gasteiger partial charge in [0.25, 0.3) is 0 Å².